The Morgan fingerprint density at radius 1 is 1.26 bits per heavy atom. The fourth-order valence-corrected chi connectivity index (χ4v) is 3.05. The number of carbonyl (C=O) groups excluding carboxylic acids is 1. The number of amides is 1. The average molecular weight is 256 g/mol. The van der Waals surface area contributed by atoms with E-state index < -0.39 is 0 Å². The van der Waals surface area contributed by atoms with Gasteiger partial charge in [-0.05, 0) is 44.2 Å². The number of aromatic amines is 1. The molecule has 3 nitrogen and oxygen atoms in total. The van der Waals surface area contributed by atoms with E-state index in [0.29, 0.717) is 6.54 Å². The zero-order valence-electron chi connectivity index (χ0n) is 11.4. The molecule has 1 amide bonds. The number of hydrogen-bond donors (Lipinski definition) is 2. The van der Waals surface area contributed by atoms with Gasteiger partial charge >= 0.3 is 0 Å². The minimum absolute atomic E-state index is 0.0181. The summed E-state index contributed by atoms with van der Waals surface area (Å²) in [6.45, 7) is 2.61. The van der Waals surface area contributed by atoms with Crippen LogP contribution in [0.4, 0.5) is 0 Å². The second kappa shape index (κ2) is 5.08. The number of aryl methyl sites for hydroxylation is 2. The lowest BCUT2D eigenvalue weighted by Gasteiger charge is -2.04. The minimum atomic E-state index is 0.0181. The van der Waals surface area contributed by atoms with Crippen molar-refractivity contribution >= 4 is 16.8 Å². The highest BCUT2D eigenvalue weighted by atomic mass is 16.1. The third-order valence-corrected chi connectivity index (χ3v) is 3.97. The van der Waals surface area contributed by atoms with Gasteiger partial charge in [0.15, 0.2) is 0 Å². The summed E-state index contributed by atoms with van der Waals surface area (Å²) in [5, 5.41) is 4.12. The molecule has 1 aliphatic carbocycles. The van der Waals surface area contributed by atoms with Gasteiger partial charge in [0.1, 0.15) is 0 Å². The third-order valence-electron chi connectivity index (χ3n) is 3.97. The lowest BCUT2D eigenvalue weighted by molar-refractivity contribution is 0.0957. The normalized spacial score (nSPS) is 15.0. The van der Waals surface area contributed by atoms with Crippen molar-refractivity contribution in [3.05, 3.63) is 35.0 Å². The monoisotopic (exact) mass is 256 g/mol. The van der Waals surface area contributed by atoms with Gasteiger partial charge in [-0.3, -0.25) is 4.79 Å². The van der Waals surface area contributed by atoms with Crippen molar-refractivity contribution in [3.63, 3.8) is 0 Å². The lowest BCUT2D eigenvalue weighted by atomic mass is 10.0. The van der Waals surface area contributed by atoms with Crippen LogP contribution in [0.25, 0.3) is 10.9 Å². The van der Waals surface area contributed by atoms with E-state index in [4.69, 9.17) is 0 Å². The zero-order chi connectivity index (χ0) is 13.2. The van der Waals surface area contributed by atoms with Crippen molar-refractivity contribution in [2.24, 2.45) is 0 Å². The van der Waals surface area contributed by atoms with E-state index in [2.05, 4.69) is 16.4 Å². The first kappa shape index (κ1) is 12.3. The van der Waals surface area contributed by atoms with Crippen LogP contribution >= 0.6 is 0 Å². The van der Waals surface area contributed by atoms with Crippen LogP contribution in [0.3, 0.4) is 0 Å². The molecule has 0 unspecified atom stereocenters. The smallest absolute Gasteiger partial charge is 0.253 e. The highest BCUT2D eigenvalue weighted by Gasteiger charge is 2.18. The lowest BCUT2D eigenvalue weighted by Crippen LogP contribution is -2.22. The van der Waals surface area contributed by atoms with Gasteiger partial charge in [0.05, 0.1) is 11.1 Å². The minimum Gasteiger partial charge on any atom is -0.358 e. The van der Waals surface area contributed by atoms with Gasteiger partial charge in [-0.2, -0.15) is 0 Å². The van der Waals surface area contributed by atoms with Crippen molar-refractivity contribution < 1.29 is 4.79 Å². The number of benzene rings is 1. The molecule has 0 bridgehead atoms. The molecule has 1 heterocycles. The number of carbonyl (C=O) groups is 1. The molecule has 100 valence electrons. The summed E-state index contributed by atoms with van der Waals surface area (Å²) in [6, 6.07) is 6.04. The van der Waals surface area contributed by atoms with Gasteiger partial charge in [-0.15, -0.1) is 0 Å². The number of H-pyrrole nitrogens is 1. The molecule has 3 heteroatoms. The molecule has 0 atom stereocenters. The number of para-hydroxylation sites is 1. The number of hydrogen-bond acceptors (Lipinski definition) is 1. The Morgan fingerprint density at radius 3 is 2.95 bits per heavy atom. The highest BCUT2D eigenvalue weighted by Crippen LogP contribution is 2.30. The third kappa shape index (κ3) is 2.14. The second-order valence-corrected chi connectivity index (χ2v) is 5.23. The van der Waals surface area contributed by atoms with Crippen LogP contribution in [-0.4, -0.2) is 17.4 Å². The van der Waals surface area contributed by atoms with Crippen molar-refractivity contribution in [3.8, 4) is 0 Å². The van der Waals surface area contributed by atoms with Crippen LogP contribution in [-0.2, 0) is 12.8 Å². The van der Waals surface area contributed by atoms with E-state index in [9.17, 15) is 4.79 Å². The molecule has 2 aromatic rings. The van der Waals surface area contributed by atoms with Gasteiger partial charge in [0, 0.05) is 17.6 Å². The molecule has 1 aromatic carbocycles. The molecule has 0 saturated carbocycles. The second-order valence-electron chi connectivity index (χ2n) is 5.23. The van der Waals surface area contributed by atoms with Crippen LogP contribution in [0.1, 0.15) is 47.8 Å². The highest BCUT2D eigenvalue weighted by molar-refractivity contribution is 6.06. The summed E-state index contributed by atoms with van der Waals surface area (Å²) in [7, 11) is 0. The zero-order valence-corrected chi connectivity index (χ0v) is 11.4. The SMILES string of the molecule is CCNC(=O)c1cccc2c3c([nH]c12)CCCCC3. The maximum atomic E-state index is 12.1. The summed E-state index contributed by atoms with van der Waals surface area (Å²) < 4.78 is 0. The fraction of sp³-hybridized carbons (Fsp3) is 0.438. The van der Waals surface area contributed by atoms with Gasteiger partial charge in [-0.25, -0.2) is 0 Å². The molecule has 2 N–H and O–H groups in total. The molecule has 1 aromatic heterocycles. The molecule has 3 rings (SSSR count). The molecule has 0 radical (unpaired) electrons. The van der Waals surface area contributed by atoms with Crippen LogP contribution in [0.15, 0.2) is 18.2 Å². The molecular weight excluding hydrogens is 236 g/mol. The first-order valence-electron chi connectivity index (χ1n) is 7.22. The summed E-state index contributed by atoms with van der Waals surface area (Å²) >= 11 is 0. The molecule has 0 fully saturated rings. The Balaban J connectivity index is 2.13. The van der Waals surface area contributed by atoms with E-state index in [0.717, 1.165) is 23.9 Å². The average Bonchev–Trinajstić information content (AvgIpc) is 2.61. The summed E-state index contributed by atoms with van der Waals surface area (Å²) in [4.78, 5) is 15.6. The fourth-order valence-electron chi connectivity index (χ4n) is 3.05. The molecule has 19 heavy (non-hydrogen) atoms. The summed E-state index contributed by atoms with van der Waals surface area (Å²) in [5.41, 5.74) is 4.55. The quantitative estimate of drug-likeness (QED) is 0.796. The maximum Gasteiger partial charge on any atom is 0.253 e. The first-order valence-corrected chi connectivity index (χ1v) is 7.22. The van der Waals surface area contributed by atoms with E-state index in [1.165, 1.54) is 35.9 Å². The van der Waals surface area contributed by atoms with Crippen molar-refractivity contribution in [2.75, 3.05) is 6.54 Å². The van der Waals surface area contributed by atoms with Gasteiger partial charge in [0.25, 0.3) is 5.91 Å². The Hall–Kier alpha value is -1.77. The van der Waals surface area contributed by atoms with E-state index in [1.807, 2.05) is 19.1 Å². The Labute approximate surface area is 113 Å². The Kier molecular flexibility index (Phi) is 3.28. The predicted octanol–water partition coefficient (Wildman–Crippen LogP) is 3.19. The molecule has 0 spiro atoms. The first-order chi connectivity index (χ1) is 9.31. The number of fused-ring (bicyclic) bond motifs is 3. The van der Waals surface area contributed by atoms with Gasteiger partial charge < -0.3 is 10.3 Å². The number of nitrogens with one attached hydrogen (secondary N) is 2. The molecule has 1 aliphatic rings. The van der Waals surface area contributed by atoms with E-state index in [1.54, 1.807) is 0 Å². The van der Waals surface area contributed by atoms with Crippen LogP contribution in [0, 0.1) is 0 Å². The van der Waals surface area contributed by atoms with Gasteiger partial charge in [0.2, 0.25) is 0 Å². The van der Waals surface area contributed by atoms with Crippen molar-refractivity contribution in [1.29, 1.82) is 0 Å². The molecule has 0 saturated heterocycles. The Bertz CT molecular complexity index is 612. The topological polar surface area (TPSA) is 44.9 Å². The molecule has 0 aliphatic heterocycles. The summed E-state index contributed by atoms with van der Waals surface area (Å²) in [5.74, 6) is 0.0181. The van der Waals surface area contributed by atoms with E-state index >= 15 is 0 Å². The largest absolute Gasteiger partial charge is 0.358 e. The number of aromatic nitrogens is 1. The maximum absolute atomic E-state index is 12.1. The predicted molar refractivity (Wildman–Crippen MR) is 77.6 cm³/mol. The van der Waals surface area contributed by atoms with Crippen LogP contribution < -0.4 is 5.32 Å². The standard InChI is InChI=1S/C16H20N2O/c1-2-17-16(19)13-9-6-8-12-11-7-4-3-5-10-14(11)18-15(12)13/h6,8-9,18H,2-5,7,10H2,1H3,(H,17,19). The van der Waals surface area contributed by atoms with Crippen LogP contribution in [0.5, 0.6) is 0 Å². The summed E-state index contributed by atoms with van der Waals surface area (Å²) in [6.07, 6.45) is 6.05. The van der Waals surface area contributed by atoms with Gasteiger partial charge in [-0.1, -0.05) is 18.6 Å². The van der Waals surface area contributed by atoms with Crippen molar-refractivity contribution in [2.45, 2.75) is 39.0 Å². The molecular formula is C16H20N2O. The number of rotatable bonds is 2. The van der Waals surface area contributed by atoms with Crippen LogP contribution in [0.2, 0.25) is 0 Å². The van der Waals surface area contributed by atoms with Crippen molar-refractivity contribution in [1.82, 2.24) is 10.3 Å². The van der Waals surface area contributed by atoms with E-state index in [-0.39, 0.29) is 5.91 Å². The Morgan fingerprint density at radius 2 is 2.11 bits per heavy atom.